The van der Waals surface area contributed by atoms with Gasteiger partial charge in [0.1, 0.15) is 0 Å². The lowest BCUT2D eigenvalue weighted by Gasteiger charge is -2.28. The lowest BCUT2D eigenvalue weighted by molar-refractivity contribution is 0.415. The summed E-state index contributed by atoms with van der Waals surface area (Å²) in [5, 5.41) is 0. The molecule has 1 unspecified atom stereocenters. The summed E-state index contributed by atoms with van der Waals surface area (Å²) in [5.74, 6) is -0.0814. The third-order valence-electron chi connectivity index (χ3n) is 2.47. The summed E-state index contributed by atoms with van der Waals surface area (Å²) < 4.78 is 21.8. The van der Waals surface area contributed by atoms with E-state index in [0.29, 0.717) is 23.6 Å². The van der Waals surface area contributed by atoms with Gasteiger partial charge in [0.2, 0.25) is 0 Å². The molecule has 0 saturated carbocycles. The second-order valence-electron chi connectivity index (χ2n) is 4.32. The molecule has 0 aliphatic rings. The van der Waals surface area contributed by atoms with Crippen molar-refractivity contribution >= 4 is 28.1 Å². The highest BCUT2D eigenvalue weighted by atomic mass is 32.2. The molecular formula is C11H19N4O2S-. The maximum Gasteiger partial charge on any atom is 0.0807 e. The fourth-order valence-corrected chi connectivity index (χ4v) is 2.09. The Morgan fingerprint density at radius 1 is 1.28 bits per heavy atom. The van der Waals surface area contributed by atoms with E-state index in [1.54, 1.807) is 23.1 Å². The van der Waals surface area contributed by atoms with Gasteiger partial charge in [0.05, 0.1) is 17.3 Å². The minimum Gasteiger partial charge on any atom is -0.771 e. The maximum absolute atomic E-state index is 10.9. The van der Waals surface area contributed by atoms with Gasteiger partial charge in [0, 0.05) is 18.8 Å². The number of rotatable bonds is 6. The summed E-state index contributed by atoms with van der Waals surface area (Å²) in [7, 11) is 3.86. The molecule has 7 heteroatoms. The molecule has 0 fully saturated rings. The second-order valence-corrected chi connectivity index (χ2v) is 5.18. The van der Waals surface area contributed by atoms with Crippen molar-refractivity contribution in [2.24, 2.45) is 0 Å². The molecule has 102 valence electrons. The normalized spacial score (nSPS) is 12.7. The molecule has 6 nitrogen and oxygen atoms in total. The van der Waals surface area contributed by atoms with Crippen molar-refractivity contribution in [1.29, 1.82) is 0 Å². The van der Waals surface area contributed by atoms with Crippen molar-refractivity contribution < 1.29 is 8.76 Å². The van der Waals surface area contributed by atoms with Crippen LogP contribution in [0.2, 0.25) is 0 Å². The van der Waals surface area contributed by atoms with Gasteiger partial charge in [-0.25, -0.2) is 0 Å². The zero-order valence-corrected chi connectivity index (χ0v) is 11.4. The Morgan fingerprint density at radius 3 is 2.44 bits per heavy atom. The second kappa shape index (κ2) is 6.58. The van der Waals surface area contributed by atoms with Gasteiger partial charge in [0.15, 0.2) is 0 Å². The van der Waals surface area contributed by atoms with Crippen LogP contribution in [-0.4, -0.2) is 46.7 Å². The van der Waals surface area contributed by atoms with Crippen molar-refractivity contribution in [2.45, 2.75) is 0 Å². The summed E-state index contributed by atoms with van der Waals surface area (Å²) in [6.45, 7) is 1.32. The van der Waals surface area contributed by atoms with Gasteiger partial charge in [-0.3, -0.25) is 4.21 Å². The molecule has 0 radical (unpaired) electrons. The van der Waals surface area contributed by atoms with Crippen LogP contribution in [0.15, 0.2) is 18.2 Å². The van der Waals surface area contributed by atoms with Gasteiger partial charge in [-0.2, -0.15) is 0 Å². The fraction of sp³-hybridized carbons (Fsp3) is 0.455. The van der Waals surface area contributed by atoms with Gasteiger partial charge in [0.25, 0.3) is 0 Å². The first-order chi connectivity index (χ1) is 8.40. The average Bonchev–Trinajstić information content (AvgIpc) is 2.24. The largest absolute Gasteiger partial charge is 0.771 e. The van der Waals surface area contributed by atoms with Crippen LogP contribution in [0.25, 0.3) is 0 Å². The quantitative estimate of drug-likeness (QED) is 0.560. The molecule has 0 aromatic heterocycles. The van der Waals surface area contributed by atoms with Crippen LogP contribution in [-0.2, 0) is 11.1 Å². The number of nitrogen functional groups attached to an aromatic ring is 2. The monoisotopic (exact) mass is 271 g/mol. The van der Waals surface area contributed by atoms with Crippen molar-refractivity contribution in [3.8, 4) is 0 Å². The van der Waals surface area contributed by atoms with Crippen LogP contribution in [0.3, 0.4) is 0 Å². The average molecular weight is 271 g/mol. The maximum atomic E-state index is 10.9. The van der Waals surface area contributed by atoms with Crippen LogP contribution < -0.4 is 16.4 Å². The van der Waals surface area contributed by atoms with Crippen LogP contribution in [0.5, 0.6) is 0 Å². The minimum atomic E-state index is -2.15. The Hall–Kier alpha value is -1.31. The van der Waals surface area contributed by atoms with E-state index in [1.807, 2.05) is 19.0 Å². The Morgan fingerprint density at radius 2 is 1.94 bits per heavy atom. The van der Waals surface area contributed by atoms with Gasteiger partial charge in [-0.1, -0.05) is 0 Å². The lowest BCUT2D eigenvalue weighted by Crippen LogP contribution is -2.34. The summed E-state index contributed by atoms with van der Waals surface area (Å²) in [4.78, 5) is 3.70. The number of hydrogen-bond donors (Lipinski definition) is 2. The Labute approximate surface area is 110 Å². The molecule has 0 heterocycles. The number of hydrogen-bond acceptors (Lipinski definition) is 6. The molecular weight excluding hydrogens is 252 g/mol. The molecule has 18 heavy (non-hydrogen) atoms. The molecule has 0 amide bonds. The molecule has 0 saturated heterocycles. The highest BCUT2D eigenvalue weighted by molar-refractivity contribution is 7.79. The third-order valence-corrected chi connectivity index (χ3v) is 2.99. The van der Waals surface area contributed by atoms with E-state index in [9.17, 15) is 8.76 Å². The number of anilines is 3. The number of nitrogens with zero attached hydrogens (tertiary/aromatic N) is 2. The van der Waals surface area contributed by atoms with Gasteiger partial charge in [-0.05, 0) is 43.4 Å². The first-order valence-corrected chi connectivity index (χ1v) is 6.75. The Balaban J connectivity index is 2.89. The smallest absolute Gasteiger partial charge is 0.0807 e. The van der Waals surface area contributed by atoms with Crippen LogP contribution in [0, 0.1) is 0 Å². The molecule has 1 rings (SSSR count). The molecule has 1 atom stereocenters. The summed E-state index contributed by atoms with van der Waals surface area (Å²) in [6.07, 6.45) is 0. The van der Waals surface area contributed by atoms with Gasteiger partial charge < -0.3 is 25.8 Å². The molecule has 0 aliphatic heterocycles. The SMILES string of the molecule is CN(C)CCN(CS(=O)[O-])c1ccc(N)cc1N. The Kier molecular flexibility index (Phi) is 5.39. The van der Waals surface area contributed by atoms with E-state index in [2.05, 4.69) is 0 Å². The van der Waals surface area contributed by atoms with E-state index in [0.717, 1.165) is 6.54 Å². The first-order valence-electron chi connectivity index (χ1n) is 5.50. The molecule has 0 bridgehead atoms. The van der Waals surface area contributed by atoms with E-state index in [-0.39, 0.29) is 5.88 Å². The Bertz CT molecular complexity index is 426. The van der Waals surface area contributed by atoms with Crippen molar-refractivity contribution in [3.05, 3.63) is 18.2 Å². The fourth-order valence-electron chi connectivity index (χ4n) is 1.56. The summed E-state index contributed by atoms with van der Waals surface area (Å²) in [6, 6.07) is 5.08. The molecule has 4 N–H and O–H groups in total. The number of likely N-dealkylation sites (N-methyl/N-ethyl adjacent to an activating group) is 1. The zero-order valence-electron chi connectivity index (χ0n) is 10.6. The zero-order chi connectivity index (χ0) is 13.7. The predicted octanol–water partition coefficient (Wildman–Crippen LogP) is 0.0556. The first kappa shape index (κ1) is 14.7. The highest BCUT2D eigenvalue weighted by Gasteiger charge is 2.10. The van der Waals surface area contributed by atoms with E-state index in [1.165, 1.54) is 0 Å². The van der Waals surface area contributed by atoms with E-state index < -0.39 is 11.1 Å². The van der Waals surface area contributed by atoms with Crippen LogP contribution in [0.1, 0.15) is 0 Å². The van der Waals surface area contributed by atoms with Crippen molar-refractivity contribution in [1.82, 2.24) is 4.90 Å². The minimum absolute atomic E-state index is 0.0814. The lowest BCUT2D eigenvalue weighted by atomic mass is 10.2. The van der Waals surface area contributed by atoms with Gasteiger partial charge in [-0.15, -0.1) is 0 Å². The van der Waals surface area contributed by atoms with Crippen LogP contribution in [0.4, 0.5) is 17.1 Å². The molecule has 0 spiro atoms. The van der Waals surface area contributed by atoms with Crippen molar-refractivity contribution in [3.63, 3.8) is 0 Å². The number of benzene rings is 1. The summed E-state index contributed by atoms with van der Waals surface area (Å²) >= 11 is -2.15. The van der Waals surface area contributed by atoms with Crippen LogP contribution >= 0.6 is 0 Å². The standard InChI is InChI=1S/C11H20N4O2S/c1-14(2)5-6-15(8-18(16)17)11-4-3-9(12)7-10(11)13/h3-4,7H,5-6,8,12-13H2,1-2H3,(H,16,17)/p-1. The third kappa shape index (κ3) is 4.52. The van der Waals surface area contributed by atoms with Gasteiger partial charge >= 0.3 is 0 Å². The molecule has 1 aromatic carbocycles. The molecule has 0 aliphatic carbocycles. The van der Waals surface area contributed by atoms with E-state index in [4.69, 9.17) is 11.5 Å². The van der Waals surface area contributed by atoms with Crippen molar-refractivity contribution in [2.75, 3.05) is 49.4 Å². The summed E-state index contributed by atoms with van der Waals surface area (Å²) in [5.41, 5.74) is 13.2. The predicted molar refractivity (Wildman–Crippen MR) is 75.0 cm³/mol. The topological polar surface area (TPSA) is 98.6 Å². The highest BCUT2D eigenvalue weighted by Crippen LogP contribution is 2.25. The number of nitrogens with two attached hydrogens (primary N) is 2. The van der Waals surface area contributed by atoms with E-state index >= 15 is 0 Å². The molecule has 1 aromatic rings.